The molecule has 1 atom stereocenters. The maximum absolute atomic E-state index is 10.9. The van der Waals surface area contributed by atoms with Gasteiger partial charge in [-0.25, -0.2) is 0 Å². The molecular formula is C13H14N2OS. The first-order valence-electron chi connectivity index (χ1n) is 5.32. The van der Waals surface area contributed by atoms with Crippen molar-refractivity contribution in [2.45, 2.75) is 13.0 Å². The summed E-state index contributed by atoms with van der Waals surface area (Å²) in [5.41, 5.74) is 9.07. The van der Waals surface area contributed by atoms with Crippen molar-refractivity contribution >= 4 is 22.9 Å². The molecule has 0 spiro atoms. The average Bonchev–Trinajstić information content (AvgIpc) is 2.82. The van der Waals surface area contributed by atoms with Crippen LogP contribution in [-0.4, -0.2) is 5.91 Å². The van der Waals surface area contributed by atoms with Crippen LogP contribution in [0, 0.1) is 0 Å². The molecule has 0 aliphatic carbocycles. The first-order chi connectivity index (χ1) is 8.16. The van der Waals surface area contributed by atoms with E-state index in [1.54, 1.807) is 11.3 Å². The van der Waals surface area contributed by atoms with E-state index in [4.69, 9.17) is 5.73 Å². The maximum Gasteiger partial charge on any atom is 0.221 e. The molecule has 2 aromatic rings. The van der Waals surface area contributed by atoms with Gasteiger partial charge in [-0.3, -0.25) is 4.79 Å². The van der Waals surface area contributed by atoms with Crippen LogP contribution < -0.4 is 11.1 Å². The summed E-state index contributed by atoms with van der Waals surface area (Å²) in [4.78, 5) is 10.9. The molecule has 0 saturated heterocycles. The number of nitrogens with one attached hydrogen (secondary N) is 1. The lowest BCUT2D eigenvalue weighted by Gasteiger charge is -2.11. The van der Waals surface area contributed by atoms with Gasteiger partial charge in [-0.15, -0.1) is 0 Å². The molecule has 1 aromatic heterocycles. The monoisotopic (exact) mass is 246 g/mol. The normalized spacial score (nSPS) is 12.1. The summed E-state index contributed by atoms with van der Waals surface area (Å²) < 4.78 is 0. The molecule has 0 radical (unpaired) electrons. The van der Waals surface area contributed by atoms with Crippen LogP contribution in [0.25, 0.3) is 0 Å². The predicted octanol–water partition coefficient (Wildman–Crippen LogP) is 2.75. The van der Waals surface area contributed by atoms with Gasteiger partial charge in [-0.1, -0.05) is 12.1 Å². The topological polar surface area (TPSA) is 55.1 Å². The molecule has 1 heterocycles. The van der Waals surface area contributed by atoms with Crippen LogP contribution in [0.15, 0.2) is 41.1 Å². The minimum Gasteiger partial charge on any atom is -0.326 e. The Morgan fingerprint density at radius 2 is 1.94 bits per heavy atom. The molecule has 0 aliphatic heterocycles. The second kappa shape index (κ2) is 5.12. The predicted molar refractivity (Wildman–Crippen MR) is 71.1 cm³/mol. The highest BCUT2D eigenvalue weighted by atomic mass is 32.1. The number of carbonyl (C=O) groups is 1. The lowest BCUT2D eigenvalue weighted by atomic mass is 10.0. The summed E-state index contributed by atoms with van der Waals surface area (Å²) in [7, 11) is 0. The zero-order chi connectivity index (χ0) is 12.3. The molecular weight excluding hydrogens is 232 g/mol. The Morgan fingerprint density at radius 1 is 1.24 bits per heavy atom. The number of amides is 1. The van der Waals surface area contributed by atoms with Gasteiger partial charge in [0.15, 0.2) is 0 Å². The van der Waals surface area contributed by atoms with E-state index in [2.05, 4.69) is 5.32 Å². The zero-order valence-electron chi connectivity index (χ0n) is 9.51. The third kappa shape index (κ3) is 2.93. The van der Waals surface area contributed by atoms with Gasteiger partial charge in [-0.05, 0) is 40.1 Å². The van der Waals surface area contributed by atoms with E-state index >= 15 is 0 Å². The first-order valence-corrected chi connectivity index (χ1v) is 6.26. The van der Waals surface area contributed by atoms with Gasteiger partial charge in [0.2, 0.25) is 5.91 Å². The molecule has 2 rings (SSSR count). The lowest BCUT2D eigenvalue weighted by molar-refractivity contribution is -0.114. The van der Waals surface area contributed by atoms with Crippen molar-refractivity contribution in [1.82, 2.24) is 0 Å². The van der Waals surface area contributed by atoms with E-state index in [0.717, 1.165) is 16.8 Å². The van der Waals surface area contributed by atoms with Gasteiger partial charge in [0.1, 0.15) is 0 Å². The minimum atomic E-state index is -0.104. The molecule has 4 heteroatoms. The van der Waals surface area contributed by atoms with E-state index in [1.807, 2.05) is 41.1 Å². The Labute approximate surface area is 104 Å². The highest BCUT2D eigenvalue weighted by Crippen LogP contribution is 2.22. The largest absolute Gasteiger partial charge is 0.326 e. The highest BCUT2D eigenvalue weighted by Gasteiger charge is 2.08. The zero-order valence-corrected chi connectivity index (χ0v) is 10.3. The second-order valence-electron chi connectivity index (χ2n) is 3.84. The van der Waals surface area contributed by atoms with Gasteiger partial charge >= 0.3 is 0 Å². The first kappa shape index (κ1) is 11.8. The van der Waals surface area contributed by atoms with Crippen LogP contribution >= 0.6 is 11.3 Å². The van der Waals surface area contributed by atoms with Gasteiger partial charge in [0, 0.05) is 12.6 Å². The number of rotatable bonds is 3. The molecule has 3 N–H and O–H groups in total. The summed E-state index contributed by atoms with van der Waals surface area (Å²) in [6.45, 7) is 1.49. The summed E-state index contributed by atoms with van der Waals surface area (Å²) >= 11 is 1.64. The fraction of sp³-hybridized carbons (Fsp3) is 0.154. The molecule has 1 amide bonds. The Kier molecular flexibility index (Phi) is 3.56. The van der Waals surface area contributed by atoms with E-state index < -0.39 is 0 Å². The summed E-state index contributed by atoms with van der Waals surface area (Å²) in [5, 5.41) is 6.79. The van der Waals surface area contributed by atoms with E-state index in [9.17, 15) is 4.79 Å². The molecule has 0 aliphatic rings. The minimum absolute atomic E-state index is 0.0696. The molecule has 1 aromatic carbocycles. The Balaban J connectivity index is 2.15. The standard InChI is InChI=1S/C13H14N2OS/c1-9(16)15-12-4-2-10(3-5-12)13(14)11-6-7-17-8-11/h2-8,13H,14H2,1H3,(H,15,16)/t13-/m0/s1. The molecule has 0 bridgehead atoms. The number of anilines is 1. The van der Waals surface area contributed by atoms with Crippen molar-refractivity contribution in [3.63, 3.8) is 0 Å². The van der Waals surface area contributed by atoms with Crippen molar-refractivity contribution in [2.75, 3.05) is 5.32 Å². The van der Waals surface area contributed by atoms with Crippen LogP contribution in [0.2, 0.25) is 0 Å². The fourth-order valence-electron chi connectivity index (χ4n) is 1.62. The third-order valence-corrected chi connectivity index (χ3v) is 3.19. The number of thiophene rings is 1. The number of hydrogen-bond acceptors (Lipinski definition) is 3. The highest BCUT2D eigenvalue weighted by molar-refractivity contribution is 7.08. The van der Waals surface area contributed by atoms with Crippen LogP contribution in [0.3, 0.4) is 0 Å². The molecule has 88 valence electrons. The second-order valence-corrected chi connectivity index (χ2v) is 4.62. The molecule has 0 unspecified atom stereocenters. The maximum atomic E-state index is 10.9. The van der Waals surface area contributed by atoms with Crippen molar-refractivity contribution in [3.05, 3.63) is 52.2 Å². The van der Waals surface area contributed by atoms with Gasteiger partial charge in [0.05, 0.1) is 6.04 Å². The van der Waals surface area contributed by atoms with Crippen LogP contribution in [0.5, 0.6) is 0 Å². The number of carbonyl (C=O) groups excluding carboxylic acids is 1. The summed E-state index contributed by atoms with van der Waals surface area (Å²) in [6, 6.07) is 9.53. The van der Waals surface area contributed by atoms with Gasteiger partial charge in [-0.2, -0.15) is 11.3 Å². The van der Waals surface area contributed by atoms with Crippen molar-refractivity contribution in [2.24, 2.45) is 5.73 Å². The van der Waals surface area contributed by atoms with Crippen LogP contribution in [0.1, 0.15) is 24.1 Å². The SMILES string of the molecule is CC(=O)Nc1ccc([C@H](N)c2ccsc2)cc1. The molecule has 3 nitrogen and oxygen atoms in total. The third-order valence-electron chi connectivity index (χ3n) is 2.49. The van der Waals surface area contributed by atoms with Crippen LogP contribution in [0.4, 0.5) is 5.69 Å². The van der Waals surface area contributed by atoms with Gasteiger partial charge in [0.25, 0.3) is 0 Å². The van der Waals surface area contributed by atoms with Crippen molar-refractivity contribution < 1.29 is 4.79 Å². The molecule has 0 fully saturated rings. The van der Waals surface area contributed by atoms with Crippen molar-refractivity contribution in [3.8, 4) is 0 Å². The Bertz CT molecular complexity index is 491. The molecule has 0 saturated carbocycles. The van der Waals surface area contributed by atoms with Crippen molar-refractivity contribution in [1.29, 1.82) is 0 Å². The number of hydrogen-bond donors (Lipinski definition) is 2. The summed E-state index contributed by atoms with van der Waals surface area (Å²) in [5.74, 6) is -0.0696. The fourth-order valence-corrected chi connectivity index (χ4v) is 2.32. The Morgan fingerprint density at radius 3 is 2.47 bits per heavy atom. The molecule has 17 heavy (non-hydrogen) atoms. The Hall–Kier alpha value is -1.65. The number of benzene rings is 1. The van der Waals surface area contributed by atoms with Gasteiger partial charge < -0.3 is 11.1 Å². The smallest absolute Gasteiger partial charge is 0.221 e. The lowest BCUT2D eigenvalue weighted by Crippen LogP contribution is -2.11. The average molecular weight is 246 g/mol. The summed E-state index contributed by atoms with van der Waals surface area (Å²) in [6.07, 6.45) is 0. The van der Waals surface area contributed by atoms with E-state index in [0.29, 0.717) is 0 Å². The van der Waals surface area contributed by atoms with E-state index in [1.165, 1.54) is 6.92 Å². The van der Waals surface area contributed by atoms with Crippen LogP contribution in [-0.2, 0) is 4.79 Å². The number of nitrogens with two attached hydrogens (primary N) is 1. The quantitative estimate of drug-likeness (QED) is 0.875. The van der Waals surface area contributed by atoms with E-state index in [-0.39, 0.29) is 11.9 Å².